The van der Waals surface area contributed by atoms with Crippen molar-refractivity contribution in [3.05, 3.63) is 71.6 Å². The maximum absolute atomic E-state index is 9.52. The van der Waals surface area contributed by atoms with Crippen LogP contribution in [-0.4, -0.2) is 32.3 Å². The van der Waals surface area contributed by atoms with E-state index in [0.29, 0.717) is 47.1 Å². The summed E-state index contributed by atoms with van der Waals surface area (Å²) in [4.78, 5) is 12.1. The summed E-state index contributed by atoms with van der Waals surface area (Å²) in [6, 6.07) is 7.87. The fourth-order valence-electron chi connectivity index (χ4n) is 4.68. The second-order valence-electron chi connectivity index (χ2n) is 8.68. The molecule has 3 atom stereocenters. The first-order valence-corrected chi connectivity index (χ1v) is 11.3. The summed E-state index contributed by atoms with van der Waals surface area (Å²) in [5.74, 6) is 2.98. The molecule has 0 saturated heterocycles. The van der Waals surface area contributed by atoms with Crippen molar-refractivity contribution in [2.45, 2.75) is 51.3 Å². The van der Waals surface area contributed by atoms with E-state index < -0.39 is 0 Å². The molecule has 0 aliphatic heterocycles. The van der Waals surface area contributed by atoms with E-state index in [9.17, 15) is 5.26 Å². The van der Waals surface area contributed by atoms with E-state index in [-0.39, 0.29) is 12.0 Å². The maximum atomic E-state index is 9.52. The molecule has 1 fully saturated rings. The molecule has 8 nitrogen and oxygen atoms in total. The summed E-state index contributed by atoms with van der Waals surface area (Å²) >= 11 is 0. The van der Waals surface area contributed by atoms with Gasteiger partial charge in [-0.25, -0.2) is 4.98 Å². The Morgan fingerprint density at radius 3 is 3.03 bits per heavy atom. The molecule has 2 N–H and O–H groups in total. The molecule has 8 heteroatoms. The fourth-order valence-corrected chi connectivity index (χ4v) is 4.68. The first-order chi connectivity index (χ1) is 16.1. The standard InChI is InChI=1S/C25H26N6O2/c1-15(2)32-22-9-6-16(12-17(22)13-26)25-30-24(31-33-25)20-5-3-4-19-18(20)7-8-21(19)29-14-23-27-10-11-28-23/h3-6,9-12,15,18,20-21,29H,7-8,14H2,1-2H3,(H,27,28). The highest BCUT2D eigenvalue weighted by molar-refractivity contribution is 5.60. The topological polar surface area (TPSA) is 113 Å². The number of allylic oxidation sites excluding steroid dienone is 3. The number of hydrogen-bond acceptors (Lipinski definition) is 7. The van der Waals surface area contributed by atoms with Gasteiger partial charge in [0, 0.05) is 29.9 Å². The Kier molecular flexibility index (Phi) is 5.80. The molecule has 5 rings (SSSR count). The molecule has 0 radical (unpaired) electrons. The molecule has 1 aromatic carbocycles. The predicted octanol–water partition coefficient (Wildman–Crippen LogP) is 4.27. The lowest BCUT2D eigenvalue weighted by atomic mass is 9.83. The second-order valence-corrected chi connectivity index (χ2v) is 8.68. The van der Waals surface area contributed by atoms with E-state index in [1.807, 2.05) is 26.1 Å². The van der Waals surface area contributed by atoms with Crippen LogP contribution >= 0.6 is 0 Å². The van der Waals surface area contributed by atoms with Gasteiger partial charge in [0.05, 0.1) is 18.2 Å². The van der Waals surface area contributed by atoms with Crippen LogP contribution in [0.15, 0.2) is 58.9 Å². The largest absolute Gasteiger partial charge is 0.490 e. The zero-order valence-electron chi connectivity index (χ0n) is 18.7. The van der Waals surface area contributed by atoms with E-state index in [0.717, 1.165) is 18.7 Å². The van der Waals surface area contributed by atoms with Crippen LogP contribution in [-0.2, 0) is 6.54 Å². The van der Waals surface area contributed by atoms with Gasteiger partial charge in [0.1, 0.15) is 17.6 Å². The number of aromatic amines is 1. The van der Waals surface area contributed by atoms with Crippen LogP contribution in [0.25, 0.3) is 11.5 Å². The zero-order valence-corrected chi connectivity index (χ0v) is 18.7. The third kappa shape index (κ3) is 4.32. The maximum Gasteiger partial charge on any atom is 0.257 e. The molecule has 0 bridgehead atoms. The van der Waals surface area contributed by atoms with Crippen LogP contribution in [0.4, 0.5) is 0 Å². The van der Waals surface area contributed by atoms with Gasteiger partial charge in [0.25, 0.3) is 5.89 Å². The smallest absolute Gasteiger partial charge is 0.257 e. The zero-order chi connectivity index (χ0) is 22.8. The number of nitriles is 1. The first kappa shape index (κ1) is 21.2. The van der Waals surface area contributed by atoms with E-state index in [1.54, 1.807) is 18.3 Å². The predicted molar refractivity (Wildman–Crippen MR) is 122 cm³/mol. The lowest BCUT2D eigenvalue weighted by Gasteiger charge is -2.24. The van der Waals surface area contributed by atoms with Gasteiger partial charge in [-0.1, -0.05) is 23.4 Å². The Morgan fingerprint density at radius 2 is 2.24 bits per heavy atom. The lowest BCUT2D eigenvalue weighted by Crippen LogP contribution is -2.29. The molecule has 0 spiro atoms. The minimum atomic E-state index is -0.0119. The summed E-state index contributed by atoms with van der Waals surface area (Å²) in [7, 11) is 0. The van der Waals surface area contributed by atoms with E-state index in [4.69, 9.17) is 14.2 Å². The summed E-state index contributed by atoms with van der Waals surface area (Å²) in [5.41, 5.74) is 2.54. The van der Waals surface area contributed by atoms with Crippen molar-refractivity contribution in [2.75, 3.05) is 0 Å². The molecule has 168 valence electrons. The highest BCUT2D eigenvalue weighted by atomic mass is 16.5. The SMILES string of the molecule is CC(C)Oc1ccc(-c2nc(C3C=CC=C4C(NCc5ncc[nH]5)CCC43)no2)cc1C#N. The monoisotopic (exact) mass is 442 g/mol. The van der Waals surface area contributed by atoms with Crippen LogP contribution in [0.5, 0.6) is 5.75 Å². The normalized spacial score (nSPS) is 21.6. The van der Waals surface area contributed by atoms with E-state index >= 15 is 0 Å². The van der Waals surface area contributed by atoms with Gasteiger partial charge >= 0.3 is 0 Å². The Hall–Kier alpha value is -3.70. The molecule has 2 aliphatic rings. The average Bonchev–Trinajstić information content (AvgIpc) is 3.58. The summed E-state index contributed by atoms with van der Waals surface area (Å²) < 4.78 is 11.3. The van der Waals surface area contributed by atoms with E-state index in [1.165, 1.54) is 5.57 Å². The number of nitrogens with one attached hydrogen (secondary N) is 2. The minimum absolute atomic E-state index is 0.0119. The molecule has 0 amide bonds. The second kappa shape index (κ2) is 9.04. The Morgan fingerprint density at radius 1 is 1.33 bits per heavy atom. The fraction of sp³-hybridized carbons (Fsp3) is 0.360. The average molecular weight is 443 g/mol. The van der Waals surface area contributed by atoms with Gasteiger partial charge < -0.3 is 19.6 Å². The van der Waals surface area contributed by atoms with E-state index in [2.05, 4.69) is 44.7 Å². The molecule has 2 heterocycles. The number of rotatable bonds is 7. The van der Waals surface area contributed by atoms with Gasteiger partial charge in [0.15, 0.2) is 5.82 Å². The summed E-state index contributed by atoms with van der Waals surface area (Å²) in [6.45, 7) is 4.57. The number of aromatic nitrogens is 4. The number of nitrogens with zero attached hydrogens (tertiary/aromatic N) is 4. The molecule has 3 unspecified atom stereocenters. The van der Waals surface area contributed by atoms with Crippen molar-refractivity contribution >= 4 is 0 Å². The third-order valence-electron chi connectivity index (χ3n) is 6.16. The van der Waals surface area contributed by atoms with Gasteiger partial charge in [0.2, 0.25) is 0 Å². The third-order valence-corrected chi connectivity index (χ3v) is 6.16. The molecule has 1 saturated carbocycles. The van der Waals surface area contributed by atoms with Crippen LogP contribution < -0.4 is 10.1 Å². The molecule has 3 aromatic rings. The van der Waals surface area contributed by atoms with Crippen molar-refractivity contribution in [1.82, 2.24) is 25.4 Å². The Bertz CT molecular complexity index is 1220. The number of benzene rings is 1. The van der Waals surface area contributed by atoms with Crippen LogP contribution in [0.2, 0.25) is 0 Å². The number of hydrogen-bond donors (Lipinski definition) is 2. The number of ether oxygens (including phenoxy) is 1. The highest BCUT2D eigenvalue weighted by Crippen LogP contribution is 2.44. The van der Waals surface area contributed by atoms with Crippen LogP contribution in [0, 0.1) is 17.2 Å². The van der Waals surface area contributed by atoms with Crippen LogP contribution in [0.3, 0.4) is 0 Å². The molecule has 2 aromatic heterocycles. The Balaban J connectivity index is 1.32. The number of imidazole rings is 1. The van der Waals surface area contributed by atoms with Gasteiger partial charge in [-0.15, -0.1) is 0 Å². The lowest BCUT2D eigenvalue weighted by molar-refractivity contribution is 0.241. The quantitative estimate of drug-likeness (QED) is 0.562. The molecular weight excluding hydrogens is 416 g/mol. The van der Waals surface area contributed by atoms with Gasteiger partial charge in [-0.2, -0.15) is 10.2 Å². The Labute approximate surface area is 192 Å². The highest BCUT2D eigenvalue weighted by Gasteiger charge is 2.38. The number of fused-ring (bicyclic) bond motifs is 1. The molecule has 2 aliphatic carbocycles. The van der Waals surface area contributed by atoms with Gasteiger partial charge in [-0.3, -0.25) is 0 Å². The first-order valence-electron chi connectivity index (χ1n) is 11.3. The molecule has 33 heavy (non-hydrogen) atoms. The van der Waals surface area contributed by atoms with Crippen molar-refractivity contribution < 1.29 is 9.26 Å². The molecular formula is C25H26N6O2. The van der Waals surface area contributed by atoms with Crippen molar-refractivity contribution in [3.63, 3.8) is 0 Å². The minimum Gasteiger partial charge on any atom is -0.490 e. The summed E-state index contributed by atoms with van der Waals surface area (Å²) in [5, 5.41) is 17.4. The van der Waals surface area contributed by atoms with Gasteiger partial charge in [-0.05, 0) is 56.4 Å². The van der Waals surface area contributed by atoms with Crippen molar-refractivity contribution in [2.24, 2.45) is 5.92 Å². The van der Waals surface area contributed by atoms with Crippen LogP contribution in [0.1, 0.15) is 49.8 Å². The van der Waals surface area contributed by atoms with Crippen molar-refractivity contribution in [3.8, 4) is 23.3 Å². The van der Waals surface area contributed by atoms with Crippen molar-refractivity contribution in [1.29, 1.82) is 5.26 Å². The summed E-state index contributed by atoms with van der Waals surface area (Å²) in [6.07, 6.45) is 12.2. The number of H-pyrrole nitrogens is 1.